The maximum absolute atomic E-state index is 8.76. The van der Waals surface area contributed by atoms with Crippen LogP contribution in [0.3, 0.4) is 0 Å². The number of aliphatic hydroxyl groups excluding tert-OH is 1. The molecule has 0 spiro atoms. The number of halogens is 1. The molecule has 0 unspecified atom stereocenters. The number of hydrogen-bond donors (Lipinski definition) is 1. The van der Waals surface area contributed by atoms with E-state index in [1.807, 2.05) is 0 Å². The first kappa shape index (κ1) is 8.56. The lowest BCUT2D eigenvalue weighted by atomic mass is 10.4. The van der Waals surface area contributed by atoms with Crippen molar-refractivity contribution in [2.45, 2.75) is 26.5 Å². The number of aryl methyl sites for hydroxylation is 1. The Kier molecular flexibility index (Phi) is 2.91. The molecule has 0 radical (unpaired) electrons. The van der Waals surface area contributed by atoms with Gasteiger partial charge in [0, 0.05) is 12.1 Å². The Morgan fingerprint density at radius 1 is 1.73 bits per heavy atom. The number of nitrogens with zero attached hydrogens (tertiary/aromatic N) is 2. The molecule has 1 rings (SSSR count). The molecular formula is C7H11ClN2O. The summed E-state index contributed by atoms with van der Waals surface area (Å²) in [6, 6.07) is 0. The fraction of sp³-hybridized carbons (Fsp3) is 0.571. The van der Waals surface area contributed by atoms with Gasteiger partial charge in [-0.1, -0.05) is 18.5 Å². The van der Waals surface area contributed by atoms with Gasteiger partial charge in [0.2, 0.25) is 0 Å². The van der Waals surface area contributed by atoms with Gasteiger partial charge in [-0.2, -0.15) is 5.10 Å². The zero-order valence-electron chi connectivity index (χ0n) is 6.42. The molecule has 0 aromatic carbocycles. The highest BCUT2D eigenvalue weighted by Gasteiger charge is 2.05. The van der Waals surface area contributed by atoms with Crippen LogP contribution in [0.15, 0.2) is 6.20 Å². The van der Waals surface area contributed by atoms with E-state index in [0.29, 0.717) is 10.7 Å². The summed E-state index contributed by atoms with van der Waals surface area (Å²) in [6.45, 7) is 2.82. The normalized spacial score (nSPS) is 10.5. The number of rotatable bonds is 3. The van der Waals surface area contributed by atoms with Crippen molar-refractivity contribution in [3.63, 3.8) is 0 Å². The fourth-order valence-electron chi connectivity index (χ4n) is 0.883. The lowest BCUT2D eigenvalue weighted by Gasteiger charge is -1.98. The van der Waals surface area contributed by atoms with Crippen LogP contribution in [0.25, 0.3) is 0 Å². The van der Waals surface area contributed by atoms with Gasteiger partial charge in [0.1, 0.15) is 5.15 Å². The second-order valence-corrected chi connectivity index (χ2v) is 2.70. The summed E-state index contributed by atoms with van der Waals surface area (Å²) in [5.41, 5.74) is 0.695. The predicted molar refractivity (Wildman–Crippen MR) is 43.5 cm³/mol. The van der Waals surface area contributed by atoms with E-state index in [-0.39, 0.29) is 6.61 Å². The molecule has 0 bridgehead atoms. The molecule has 0 aliphatic carbocycles. The highest BCUT2D eigenvalue weighted by molar-refractivity contribution is 6.30. The average Bonchev–Trinajstić information content (AvgIpc) is 2.34. The summed E-state index contributed by atoms with van der Waals surface area (Å²) in [5, 5.41) is 13.3. The van der Waals surface area contributed by atoms with E-state index < -0.39 is 0 Å². The van der Waals surface area contributed by atoms with E-state index in [2.05, 4.69) is 12.0 Å². The number of aliphatic hydroxyl groups is 1. The quantitative estimate of drug-likeness (QED) is 0.753. The Morgan fingerprint density at radius 3 is 2.91 bits per heavy atom. The van der Waals surface area contributed by atoms with Crippen LogP contribution >= 0.6 is 11.6 Å². The molecule has 0 fully saturated rings. The minimum atomic E-state index is -0.0391. The van der Waals surface area contributed by atoms with Gasteiger partial charge in [-0.25, -0.2) is 0 Å². The first-order valence-electron chi connectivity index (χ1n) is 3.60. The van der Waals surface area contributed by atoms with Crippen molar-refractivity contribution in [2.75, 3.05) is 0 Å². The molecule has 0 atom stereocenters. The molecule has 0 aliphatic rings. The molecule has 0 saturated heterocycles. The van der Waals surface area contributed by atoms with E-state index >= 15 is 0 Å². The van der Waals surface area contributed by atoms with E-state index in [4.69, 9.17) is 16.7 Å². The molecule has 0 saturated carbocycles. The Bertz CT molecular complexity index is 234. The van der Waals surface area contributed by atoms with Gasteiger partial charge < -0.3 is 5.11 Å². The molecule has 0 amide bonds. The van der Waals surface area contributed by atoms with Crippen LogP contribution in [0.1, 0.15) is 18.9 Å². The largest absolute Gasteiger partial charge is 0.392 e. The summed E-state index contributed by atoms with van der Waals surface area (Å²) in [7, 11) is 0. The summed E-state index contributed by atoms with van der Waals surface area (Å²) in [6.07, 6.45) is 2.59. The minimum Gasteiger partial charge on any atom is -0.392 e. The highest BCUT2D eigenvalue weighted by atomic mass is 35.5. The van der Waals surface area contributed by atoms with Gasteiger partial charge in [0.15, 0.2) is 0 Å². The average molecular weight is 175 g/mol. The molecule has 1 N–H and O–H groups in total. The second kappa shape index (κ2) is 3.74. The Labute approximate surface area is 70.6 Å². The topological polar surface area (TPSA) is 38.0 Å². The monoisotopic (exact) mass is 174 g/mol. The molecular weight excluding hydrogens is 164 g/mol. The first-order chi connectivity index (χ1) is 5.29. The highest BCUT2D eigenvalue weighted by Crippen LogP contribution is 2.14. The molecule has 1 heterocycles. The molecule has 11 heavy (non-hydrogen) atoms. The predicted octanol–water partition coefficient (Wildman–Crippen LogP) is 1.44. The maximum atomic E-state index is 8.76. The second-order valence-electron chi connectivity index (χ2n) is 2.34. The molecule has 62 valence electrons. The van der Waals surface area contributed by atoms with Gasteiger partial charge in [-0.3, -0.25) is 4.68 Å². The van der Waals surface area contributed by atoms with Gasteiger partial charge in [-0.15, -0.1) is 0 Å². The fourth-order valence-corrected chi connectivity index (χ4v) is 1.12. The van der Waals surface area contributed by atoms with Crippen molar-refractivity contribution in [1.29, 1.82) is 0 Å². The summed E-state index contributed by atoms with van der Waals surface area (Å²) in [5.74, 6) is 0. The Balaban J connectivity index is 2.82. The standard InChI is InChI=1S/C7H11ClN2O/c1-2-3-10-7(8)6(5-11)4-9-10/h4,11H,2-3,5H2,1H3. The number of aromatic nitrogens is 2. The summed E-state index contributed by atoms with van der Waals surface area (Å²) >= 11 is 5.84. The number of hydrogen-bond acceptors (Lipinski definition) is 2. The molecule has 1 aromatic heterocycles. The van der Waals surface area contributed by atoms with E-state index in [1.165, 1.54) is 0 Å². The van der Waals surface area contributed by atoms with Crippen LogP contribution in [-0.4, -0.2) is 14.9 Å². The van der Waals surface area contributed by atoms with Crippen molar-refractivity contribution in [3.8, 4) is 0 Å². The molecule has 0 aliphatic heterocycles. The third-order valence-electron chi connectivity index (χ3n) is 1.45. The lowest BCUT2D eigenvalue weighted by Crippen LogP contribution is -1.98. The Hall–Kier alpha value is -0.540. The smallest absolute Gasteiger partial charge is 0.132 e. The van der Waals surface area contributed by atoms with Crippen LogP contribution in [0.2, 0.25) is 5.15 Å². The van der Waals surface area contributed by atoms with Gasteiger partial charge in [-0.05, 0) is 6.42 Å². The van der Waals surface area contributed by atoms with Crippen molar-refractivity contribution in [2.24, 2.45) is 0 Å². The van der Waals surface area contributed by atoms with Crippen LogP contribution < -0.4 is 0 Å². The van der Waals surface area contributed by atoms with Crippen molar-refractivity contribution < 1.29 is 5.11 Å². The zero-order valence-corrected chi connectivity index (χ0v) is 7.17. The van der Waals surface area contributed by atoms with Crippen LogP contribution in [0.5, 0.6) is 0 Å². The molecule has 1 aromatic rings. The van der Waals surface area contributed by atoms with Gasteiger partial charge in [0.25, 0.3) is 0 Å². The third-order valence-corrected chi connectivity index (χ3v) is 1.89. The third kappa shape index (κ3) is 1.73. The van der Waals surface area contributed by atoms with Crippen molar-refractivity contribution >= 4 is 11.6 Å². The minimum absolute atomic E-state index is 0.0391. The zero-order chi connectivity index (χ0) is 8.27. The van der Waals surface area contributed by atoms with E-state index in [1.54, 1.807) is 10.9 Å². The van der Waals surface area contributed by atoms with Crippen LogP contribution in [0.4, 0.5) is 0 Å². The molecule has 4 heteroatoms. The van der Waals surface area contributed by atoms with Crippen molar-refractivity contribution in [3.05, 3.63) is 16.9 Å². The van der Waals surface area contributed by atoms with E-state index in [9.17, 15) is 0 Å². The Morgan fingerprint density at radius 2 is 2.45 bits per heavy atom. The summed E-state index contributed by atoms with van der Waals surface area (Å²) in [4.78, 5) is 0. The van der Waals surface area contributed by atoms with Gasteiger partial charge >= 0.3 is 0 Å². The first-order valence-corrected chi connectivity index (χ1v) is 3.98. The lowest BCUT2D eigenvalue weighted by molar-refractivity contribution is 0.282. The SMILES string of the molecule is CCCn1ncc(CO)c1Cl. The maximum Gasteiger partial charge on any atom is 0.132 e. The van der Waals surface area contributed by atoms with Crippen LogP contribution in [0, 0.1) is 0 Å². The van der Waals surface area contributed by atoms with Crippen LogP contribution in [-0.2, 0) is 13.2 Å². The van der Waals surface area contributed by atoms with Crippen molar-refractivity contribution in [1.82, 2.24) is 9.78 Å². The van der Waals surface area contributed by atoms with Gasteiger partial charge in [0.05, 0.1) is 12.8 Å². The molecule has 3 nitrogen and oxygen atoms in total. The summed E-state index contributed by atoms with van der Waals surface area (Å²) < 4.78 is 1.69. The van der Waals surface area contributed by atoms with E-state index in [0.717, 1.165) is 13.0 Å².